The minimum absolute atomic E-state index is 0. The van der Waals surface area contributed by atoms with Crippen molar-refractivity contribution in [2.24, 2.45) is 4.99 Å². The molecule has 152 valence electrons. The SMILES string of the molecule is CN=C(NCc1ccc(C)cc1OC(C)C)NCc1ccccc1[N+](=O)[O-].I. The molecule has 0 aliphatic carbocycles. The van der Waals surface area contributed by atoms with E-state index >= 15 is 0 Å². The van der Waals surface area contributed by atoms with Gasteiger partial charge in [-0.15, -0.1) is 24.0 Å². The van der Waals surface area contributed by atoms with Gasteiger partial charge in [0, 0.05) is 37.3 Å². The Morgan fingerprint density at radius 2 is 1.79 bits per heavy atom. The van der Waals surface area contributed by atoms with Crippen molar-refractivity contribution in [3.63, 3.8) is 0 Å². The maximum absolute atomic E-state index is 11.1. The third-order valence-corrected chi connectivity index (χ3v) is 3.89. The van der Waals surface area contributed by atoms with E-state index in [0.717, 1.165) is 16.9 Å². The third-order valence-electron chi connectivity index (χ3n) is 3.89. The first kappa shape index (κ1) is 23.7. The number of benzene rings is 2. The van der Waals surface area contributed by atoms with Crippen LogP contribution in [0.15, 0.2) is 47.5 Å². The molecule has 7 nitrogen and oxygen atoms in total. The van der Waals surface area contributed by atoms with Gasteiger partial charge in [-0.25, -0.2) is 0 Å². The molecule has 0 fully saturated rings. The fourth-order valence-electron chi connectivity index (χ4n) is 2.59. The highest BCUT2D eigenvalue weighted by atomic mass is 127. The fraction of sp³-hybridized carbons (Fsp3) is 0.350. The molecule has 0 aliphatic rings. The molecule has 2 rings (SSSR count). The van der Waals surface area contributed by atoms with Gasteiger partial charge in [0.1, 0.15) is 5.75 Å². The van der Waals surface area contributed by atoms with E-state index in [1.165, 1.54) is 6.07 Å². The van der Waals surface area contributed by atoms with Gasteiger partial charge < -0.3 is 15.4 Å². The second-order valence-corrected chi connectivity index (χ2v) is 6.44. The van der Waals surface area contributed by atoms with E-state index in [0.29, 0.717) is 24.6 Å². The molecular weight excluding hydrogens is 471 g/mol. The molecule has 0 bridgehead atoms. The number of hydrogen-bond acceptors (Lipinski definition) is 4. The number of nitrogens with one attached hydrogen (secondary N) is 2. The van der Waals surface area contributed by atoms with Crippen LogP contribution in [0.5, 0.6) is 5.75 Å². The monoisotopic (exact) mass is 498 g/mol. The Balaban J connectivity index is 0.00000392. The molecule has 0 heterocycles. The summed E-state index contributed by atoms with van der Waals surface area (Å²) in [5.41, 5.74) is 2.84. The van der Waals surface area contributed by atoms with Gasteiger partial charge in [-0.05, 0) is 32.4 Å². The van der Waals surface area contributed by atoms with Crippen LogP contribution in [-0.2, 0) is 13.1 Å². The average molecular weight is 498 g/mol. The van der Waals surface area contributed by atoms with Crippen LogP contribution < -0.4 is 15.4 Å². The quantitative estimate of drug-likeness (QED) is 0.197. The Bertz CT molecular complexity index is 825. The Morgan fingerprint density at radius 3 is 2.39 bits per heavy atom. The van der Waals surface area contributed by atoms with E-state index in [4.69, 9.17) is 4.74 Å². The molecule has 0 aromatic heterocycles. The largest absolute Gasteiger partial charge is 0.491 e. The smallest absolute Gasteiger partial charge is 0.274 e. The second kappa shape index (κ2) is 11.5. The van der Waals surface area contributed by atoms with E-state index < -0.39 is 0 Å². The summed E-state index contributed by atoms with van der Waals surface area (Å²) in [7, 11) is 1.66. The van der Waals surface area contributed by atoms with Crippen molar-refractivity contribution in [3.8, 4) is 5.75 Å². The van der Waals surface area contributed by atoms with Crippen LogP contribution in [0.4, 0.5) is 5.69 Å². The van der Waals surface area contributed by atoms with Crippen molar-refractivity contribution in [3.05, 3.63) is 69.3 Å². The minimum atomic E-state index is -0.380. The van der Waals surface area contributed by atoms with Crippen LogP contribution in [-0.4, -0.2) is 24.0 Å². The van der Waals surface area contributed by atoms with Crippen molar-refractivity contribution < 1.29 is 9.66 Å². The lowest BCUT2D eigenvalue weighted by atomic mass is 10.1. The zero-order valence-corrected chi connectivity index (χ0v) is 18.9. The van der Waals surface area contributed by atoms with Crippen molar-refractivity contribution in [2.45, 2.75) is 40.0 Å². The predicted octanol–water partition coefficient (Wildman–Crippen LogP) is 4.17. The molecule has 2 aromatic rings. The third kappa shape index (κ3) is 6.99. The summed E-state index contributed by atoms with van der Waals surface area (Å²) in [6.45, 7) is 6.84. The van der Waals surface area contributed by atoms with E-state index in [1.807, 2.05) is 39.0 Å². The van der Waals surface area contributed by atoms with Crippen LogP contribution in [0, 0.1) is 17.0 Å². The molecule has 2 aromatic carbocycles. The molecule has 8 heteroatoms. The summed E-state index contributed by atoms with van der Waals surface area (Å²) in [5, 5.41) is 17.5. The number of halogens is 1. The summed E-state index contributed by atoms with van der Waals surface area (Å²) in [6, 6.07) is 12.7. The molecule has 28 heavy (non-hydrogen) atoms. The molecule has 0 radical (unpaired) electrons. The van der Waals surface area contributed by atoms with Crippen molar-refractivity contribution in [2.75, 3.05) is 7.05 Å². The highest BCUT2D eigenvalue weighted by Gasteiger charge is 2.13. The first-order valence-electron chi connectivity index (χ1n) is 8.83. The van der Waals surface area contributed by atoms with Gasteiger partial charge in [-0.1, -0.05) is 30.3 Å². The highest BCUT2D eigenvalue weighted by Crippen LogP contribution is 2.21. The first-order chi connectivity index (χ1) is 12.9. The molecule has 0 aliphatic heterocycles. The number of ether oxygens (including phenoxy) is 1. The summed E-state index contributed by atoms with van der Waals surface area (Å²) in [4.78, 5) is 14.9. The number of nitrogens with zero attached hydrogens (tertiary/aromatic N) is 2. The molecule has 0 spiro atoms. The second-order valence-electron chi connectivity index (χ2n) is 6.44. The number of rotatable bonds is 7. The normalized spacial score (nSPS) is 11.0. The lowest BCUT2D eigenvalue weighted by Crippen LogP contribution is -2.36. The summed E-state index contributed by atoms with van der Waals surface area (Å²) >= 11 is 0. The number of para-hydroxylation sites is 1. The molecule has 0 saturated carbocycles. The number of nitro groups is 1. The molecule has 2 N–H and O–H groups in total. The van der Waals surface area contributed by atoms with Gasteiger partial charge in [-0.2, -0.15) is 0 Å². The Morgan fingerprint density at radius 1 is 1.14 bits per heavy atom. The molecule has 0 atom stereocenters. The molecule has 0 unspecified atom stereocenters. The Hall–Kier alpha value is -2.36. The molecule has 0 saturated heterocycles. The number of guanidine groups is 1. The first-order valence-corrected chi connectivity index (χ1v) is 8.83. The standard InChI is InChI=1S/C20H26N4O3.HI/c1-14(2)27-19-11-15(3)9-10-17(19)13-23-20(21-4)22-12-16-7-5-6-8-18(16)24(25)26;/h5-11,14H,12-13H2,1-4H3,(H2,21,22,23);1H. The lowest BCUT2D eigenvalue weighted by molar-refractivity contribution is -0.385. The Kier molecular flexibility index (Phi) is 9.70. The highest BCUT2D eigenvalue weighted by molar-refractivity contribution is 14.0. The fourth-order valence-corrected chi connectivity index (χ4v) is 2.59. The molecular formula is C20H27IN4O3. The van der Waals surface area contributed by atoms with Gasteiger partial charge in [0.05, 0.1) is 11.0 Å². The summed E-state index contributed by atoms with van der Waals surface area (Å²) < 4.78 is 5.89. The average Bonchev–Trinajstić information content (AvgIpc) is 2.63. The Labute approximate surface area is 182 Å². The van der Waals surface area contributed by atoms with Gasteiger partial charge in [-0.3, -0.25) is 15.1 Å². The van der Waals surface area contributed by atoms with Crippen molar-refractivity contribution in [1.29, 1.82) is 0 Å². The number of nitro benzene ring substituents is 1. The summed E-state index contributed by atoms with van der Waals surface area (Å²) in [5.74, 6) is 1.40. The van der Waals surface area contributed by atoms with E-state index in [-0.39, 0.29) is 40.7 Å². The van der Waals surface area contributed by atoms with Crippen LogP contribution in [0.3, 0.4) is 0 Å². The zero-order valence-electron chi connectivity index (χ0n) is 16.6. The topological polar surface area (TPSA) is 88.8 Å². The predicted molar refractivity (Wildman–Crippen MR) is 122 cm³/mol. The van der Waals surface area contributed by atoms with Crippen LogP contribution in [0.25, 0.3) is 0 Å². The van der Waals surface area contributed by atoms with Gasteiger partial charge >= 0.3 is 0 Å². The number of hydrogen-bond donors (Lipinski definition) is 2. The van der Waals surface area contributed by atoms with E-state index in [9.17, 15) is 10.1 Å². The van der Waals surface area contributed by atoms with Crippen molar-refractivity contribution >= 4 is 35.6 Å². The minimum Gasteiger partial charge on any atom is -0.491 e. The zero-order chi connectivity index (χ0) is 19.8. The lowest BCUT2D eigenvalue weighted by Gasteiger charge is -2.17. The maximum Gasteiger partial charge on any atom is 0.274 e. The van der Waals surface area contributed by atoms with E-state index in [2.05, 4.69) is 15.6 Å². The van der Waals surface area contributed by atoms with Gasteiger partial charge in [0.25, 0.3) is 5.69 Å². The molecule has 0 amide bonds. The van der Waals surface area contributed by atoms with Crippen LogP contribution in [0.1, 0.15) is 30.5 Å². The van der Waals surface area contributed by atoms with Crippen LogP contribution >= 0.6 is 24.0 Å². The number of aryl methyl sites for hydroxylation is 1. The van der Waals surface area contributed by atoms with Gasteiger partial charge in [0.15, 0.2) is 5.96 Å². The maximum atomic E-state index is 11.1. The van der Waals surface area contributed by atoms with Crippen LogP contribution in [0.2, 0.25) is 0 Å². The summed E-state index contributed by atoms with van der Waals surface area (Å²) in [6.07, 6.45) is 0.0848. The van der Waals surface area contributed by atoms with Crippen molar-refractivity contribution in [1.82, 2.24) is 10.6 Å². The van der Waals surface area contributed by atoms with E-state index in [1.54, 1.807) is 25.2 Å². The number of aliphatic imine (C=N–C) groups is 1. The van der Waals surface area contributed by atoms with Gasteiger partial charge in [0.2, 0.25) is 0 Å².